The summed E-state index contributed by atoms with van der Waals surface area (Å²) in [5.74, 6) is -1.87. The van der Waals surface area contributed by atoms with Gasteiger partial charge in [0.1, 0.15) is 5.67 Å². The largest absolute Gasteiger partial charge is 0.328 e. The standard InChI is InChI=1S/C12H14F3N/c13-10-4-1-8(5-11(10)14)6-12(15,7-16)9-2-3-9/h1,4-5,9H,2-3,6-7,16H2. The molecule has 1 aromatic rings. The summed E-state index contributed by atoms with van der Waals surface area (Å²) in [7, 11) is 0. The average molecular weight is 229 g/mol. The van der Waals surface area contributed by atoms with E-state index in [1.807, 2.05) is 0 Å². The quantitative estimate of drug-likeness (QED) is 0.843. The van der Waals surface area contributed by atoms with Gasteiger partial charge in [-0.15, -0.1) is 0 Å². The minimum Gasteiger partial charge on any atom is -0.328 e. The molecule has 1 aromatic carbocycles. The molecule has 1 atom stereocenters. The third-order valence-corrected chi connectivity index (χ3v) is 3.13. The molecule has 16 heavy (non-hydrogen) atoms. The maximum atomic E-state index is 14.3. The Bertz CT molecular complexity index is 390. The molecule has 0 heterocycles. The van der Waals surface area contributed by atoms with Gasteiger partial charge in [0.2, 0.25) is 0 Å². The molecule has 88 valence electrons. The first-order chi connectivity index (χ1) is 7.55. The first kappa shape index (κ1) is 11.5. The fourth-order valence-electron chi connectivity index (χ4n) is 1.97. The van der Waals surface area contributed by atoms with Crippen LogP contribution in [-0.4, -0.2) is 12.2 Å². The Balaban J connectivity index is 2.15. The topological polar surface area (TPSA) is 26.0 Å². The van der Waals surface area contributed by atoms with Crippen molar-refractivity contribution in [1.29, 1.82) is 0 Å². The van der Waals surface area contributed by atoms with Gasteiger partial charge in [-0.05, 0) is 36.5 Å². The molecule has 1 aliphatic carbocycles. The predicted octanol–water partition coefficient (Wildman–Crippen LogP) is 2.58. The van der Waals surface area contributed by atoms with E-state index in [2.05, 4.69) is 0 Å². The minimum atomic E-state index is -1.47. The van der Waals surface area contributed by atoms with Crippen molar-refractivity contribution in [3.8, 4) is 0 Å². The van der Waals surface area contributed by atoms with E-state index >= 15 is 0 Å². The fourth-order valence-corrected chi connectivity index (χ4v) is 1.97. The molecule has 1 aliphatic rings. The second kappa shape index (κ2) is 4.09. The monoisotopic (exact) mass is 229 g/mol. The zero-order valence-electron chi connectivity index (χ0n) is 8.85. The molecular formula is C12H14F3N. The van der Waals surface area contributed by atoms with Gasteiger partial charge in [0.05, 0.1) is 0 Å². The van der Waals surface area contributed by atoms with Crippen LogP contribution < -0.4 is 5.73 Å². The van der Waals surface area contributed by atoms with E-state index in [0.29, 0.717) is 5.56 Å². The van der Waals surface area contributed by atoms with Crippen LogP contribution in [-0.2, 0) is 6.42 Å². The summed E-state index contributed by atoms with van der Waals surface area (Å²) < 4.78 is 39.9. The summed E-state index contributed by atoms with van der Waals surface area (Å²) in [5, 5.41) is 0. The highest BCUT2D eigenvalue weighted by atomic mass is 19.2. The third kappa shape index (κ3) is 2.21. The van der Waals surface area contributed by atoms with Crippen molar-refractivity contribution >= 4 is 0 Å². The highest BCUT2D eigenvalue weighted by molar-refractivity contribution is 5.21. The molecule has 0 radical (unpaired) electrons. The number of hydrogen-bond acceptors (Lipinski definition) is 1. The van der Waals surface area contributed by atoms with Crippen molar-refractivity contribution in [2.75, 3.05) is 6.54 Å². The molecule has 4 heteroatoms. The molecule has 1 fully saturated rings. The lowest BCUT2D eigenvalue weighted by atomic mass is 9.91. The van der Waals surface area contributed by atoms with Crippen LogP contribution in [0, 0.1) is 17.6 Å². The van der Waals surface area contributed by atoms with Gasteiger partial charge in [-0.3, -0.25) is 0 Å². The summed E-state index contributed by atoms with van der Waals surface area (Å²) in [6, 6.07) is 3.47. The molecular weight excluding hydrogens is 215 g/mol. The molecule has 1 saturated carbocycles. The maximum Gasteiger partial charge on any atom is 0.159 e. The van der Waals surface area contributed by atoms with Crippen molar-refractivity contribution in [3.05, 3.63) is 35.4 Å². The van der Waals surface area contributed by atoms with E-state index < -0.39 is 17.3 Å². The van der Waals surface area contributed by atoms with E-state index in [9.17, 15) is 13.2 Å². The molecule has 0 spiro atoms. The molecule has 2 N–H and O–H groups in total. The van der Waals surface area contributed by atoms with Gasteiger partial charge in [0.15, 0.2) is 11.6 Å². The fraction of sp³-hybridized carbons (Fsp3) is 0.500. The number of halogens is 3. The van der Waals surface area contributed by atoms with Crippen molar-refractivity contribution in [2.45, 2.75) is 24.9 Å². The zero-order valence-corrected chi connectivity index (χ0v) is 8.85. The van der Waals surface area contributed by atoms with Crippen LogP contribution in [0.25, 0.3) is 0 Å². The normalized spacial score (nSPS) is 19.5. The first-order valence-electron chi connectivity index (χ1n) is 5.38. The Morgan fingerprint density at radius 2 is 1.94 bits per heavy atom. The maximum absolute atomic E-state index is 14.3. The average Bonchev–Trinajstić information content (AvgIpc) is 3.07. The van der Waals surface area contributed by atoms with Crippen LogP contribution in [0.2, 0.25) is 0 Å². The van der Waals surface area contributed by atoms with Gasteiger partial charge >= 0.3 is 0 Å². The number of rotatable bonds is 4. The Morgan fingerprint density at radius 1 is 1.25 bits per heavy atom. The van der Waals surface area contributed by atoms with E-state index in [1.54, 1.807) is 0 Å². The summed E-state index contributed by atoms with van der Waals surface area (Å²) in [6.07, 6.45) is 1.72. The summed E-state index contributed by atoms with van der Waals surface area (Å²) >= 11 is 0. The number of benzene rings is 1. The van der Waals surface area contributed by atoms with Crippen molar-refractivity contribution in [1.82, 2.24) is 0 Å². The van der Waals surface area contributed by atoms with Crippen LogP contribution in [0.5, 0.6) is 0 Å². The van der Waals surface area contributed by atoms with Crippen LogP contribution in [0.4, 0.5) is 13.2 Å². The number of alkyl halides is 1. The van der Waals surface area contributed by atoms with Crippen LogP contribution >= 0.6 is 0 Å². The Labute approximate surface area is 92.5 Å². The Kier molecular flexibility index (Phi) is 2.93. The highest BCUT2D eigenvalue weighted by Crippen LogP contribution is 2.43. The zero-order chi connectivity index (χ0) is 11.8. The molecule has 0 bridgehead atoms. The molecule has 0 saturated heterocycles. The number of nitrogens with two attached hydrogens (primary N) is 1. The molecule has 1 nitrogen and oxygen atoms in total. The van der Waals surface area contributed by atoms with Crippen LogP contribution in [0.15, 0.2) is 18.2 Å². The smallest absolute Gasteiger partial charge is 0.159 e. The molecule has 0 amide bonds. The van der Waals surface area contributed by atoms with Crippen LogP contribution in [0.1, 0.15) is 18.4 Å². The van der Waals surface area contributed by atoms with Crippen LogP contribution in [0.3, 0.4) is 0 Å². The lowest BCUT2D eigenvalue weighted by molar-refractivity contribution is 0.142. The number of hydrogen-bond donors (Lipinski definition) is 1. The van der Waals surface area contributed by atoms with Gasteiger partial charge in [0.25, 0.3) is 0 Å². The molecule has 0 aromatic heterocycles. The van der Waals surface area contributed by atoms with Gasteiger partial charge in [-0.1, -0.05) is 6.07 Å². The summed E-state index contributed by atoms with van der Waals surface area (Å²) in [4.78, 5) is 0. The predicted molar refractivity (Wildman–Crippen MR) is 55.7 cm³/mol. The Morgan fingerprint density at radius 3 is 2.44 bits per heavy atom. The van der Waals surface area contributed by atoms with E-state index in [4.69, 9.17) is 5.73 Å². The highest BCUT2D eigenvalue weighted by Gasteiger charge is 2.44. The SMILES string of the molecule is NCC(F)(Cc1ccc(F)c(F)c1)C1CC1. The van der Waals surface area contributed by atoms with Gasteiger partial charge in [0, 0.05) is 13.0 Å². The van der Waals surface area contributed by atoms with Crippen molar-refractivity contribution in [3.63, 3.8) is 0 Å². The second-order valence-electron chi connectivity index (χ2n) is 4.44. The first-order valence-corrected chi connectivity index (χ1v) is 5.38. The Hall–Kier alpha value is -1.03. The van der Waals surface area contributed by atoms with Gasteiger partial charge in [-0.25, -0.2) is 13.2 Å². The summed E-state index contributed by atoms with van der Waals surface area (Å²) in [5.41, 5.74) is 4.41. The van der Waals surface area contributed by atoms with Gasteiger partial charge < -0.3 is 5.73 Å². The van der Waals surface area contributed by atoms with E-state index in [1.165, 1.54) is 6.07 Å². The molecule has 0 aliphatic heterocycles. The van der Waals surface area contributed by atoms with Crippen molar-refractivity contribution < 1.29 is 13.2 Å². The molecule has 1 unspecified atom stereocenters. The van der Waals surface area contributed by atoms with E-state index in [0.717, 1.165) is 25.0 Å². The second-order valence-corrected chi connectivity index (χ2v) is 4.44. The molecule has 2 rings (SSSR count). The third-order valence-electron chi connectivity index (χ3n) is 3.13. The minimum absolute atomic E-state index is 0.0226. The van der Waals surface area contributed by atoms with E-state index in [-0.39, 0.29) is 18.9 Å². The lowest BCUT2D eigenvalue weighted by Gasteiger charge is -2.23. The lowest BCUT2D eigenvalue weighted by Crippen LogP contribution is -2.37. The van der Waals surface area contributed by atoms with Gasteiger partial charge in [-0.2, -0.15) is 0 Å². The van der Waals surface area contributed by atoms with Crippen molar-refractivity contribution in [2.24, 2.45) is 11.7 Å². The summed E-state index contributed by atoms with van der Waals surface area (Å²) in [6.45, 7) is -0.0728.